The average Bonchev–Trinajstić information content (AvgIpc) is 2.00. The fourth-order valence-electron chi connectivity index (χ4n) is 1.18. The molecule has 0 amide bonds. The summed E-state index contributed by atoms with van der Waals surface area (Å²) >= 11 is 0. The van der Waals surface area contributed by atoms with Gasteiger partial charge in [0, 0.05) is 5.41 Å². The van der Waals surface area contributed by atoms with Gasteiger partial charge in [-0.05, 0) is 5.04 Å². The molecule has 0 atom stereocenters. The minimum absolute atomic E-state index is 0.0355. The number of hydrogen-bond donors (Lipinski definition) is 1. The first-order chi connectivity index (χ1) is 6.85. The van der Waals surface area contributed by atoms with E-state index in [4.69, 9.17) is 0 Å². The van der Waals surface area contributed by atoms with Crippen LogP contribution < -0.4 is 0 Å². The van der Waals surface area contributed by atoms with Crippen LogP contribution in [-0.4, -0.2) is 13.2 Å². The lowest BCUT2D eigenvalue weighted by Gasteiger charge is -2.31. The molecule has 0 aliphatic heterocycles. The van der Waals surface area contributed by atoms with Crippen molar-refractivity contribution < 1.29 is 5.11 Å². The summed E-state index contributed by atoms with van der Waals surface area (Å²) in [4.78, 5) is 3.38. The van der Waals surface area contributed by atoms with Crippen LogP contribution in [0.3, 0.4) is 0 Å². The Morgan fingerprint density at radius 3 is 1.62 bits per heavy atom. The zero-order valence-corrected chi connectivity index (χ0v) is 12.8. The van der Waals surface area contributed by atoms with Crippen LogP contribution in [0.5, 0.6) is 0 Å². The maximum absolute atomic E-state index is 10.2. The molecule has 0 aromatic heterocycles. The summed E-state index contributed by atoms with van der Waals surface area (Å²) < 4.78 is 0. The molecule has 0 radical (unpaired) electrons. The number of diazo groups is 1. The highest BCUT2D eigenvalue weighted by molar-refractivity contribution is 6.87. The van der Waals surface area contributed by atoms with Crippen LogP contribution >= 0.6 is 0 Å². The molecule has 0 aromatic carbocycles. The molecule has 0 heterocycles. The second-order valence-corrected chi connectivity index (χ2v) is 12.1. The Labute approximate surface area is 100 Å². The molecular formula is C12H25N2OSi+. The number of nitrogens with zero attached hydrogens (tertiary/aromatic N) is 2. The van der Waals surface area contributed by atoms with Crippen LogP contribution in [0.4, 0.5) is 0 Å². The van der Waals surface area contributed by atoms with Crippen molar-refractivity contribution in [3.63, 3.8) is 0 Å². The van der Waals surface area contributed by atoms with Crippen molar-refractivity contribution in [3.05, 3.63) is 16.1 Å². The van der Waals surface area contributed by atoms with Crippen molar-refractivity contribution in [2.75, 3.05) is 0 Å². The van der Waals surface area contributed by atoms with Crippen LogP contribution in [0.25, 0.3) is 4.98 Å². The second-order valence-electron chi connectivity index (χ2n) is 6.92. The van der Waals surface area contributed by atoms with Crippen molar-refractivity contribution in [1.82, 2.24) is 0 Å². The van der Waals surface area contributed by atoms with E-state index in [1.165, 1.54) is 0 Å². The number of hydrogen-bond acceptors (Lipinski definition) is 2. The summed E-state index contributed by atoms with van der Waals surface area (Å²) in [7, 11) is -1.99. The average molecular weight is 241 g/mol. The summed E-state index contributed by atoms with van der Waals surface area (Å²) in [5.41, 5.74) is -0.378. The number of aliphatic hydroxyl groups excluding tert-OH is 1. The normalized spacial score (nSPS) is 15.4. The molecule has 3 nitrogen and oxygen atoms in total. The topological polar surface area (TPSA) is 48.4 Å². The molecular weight excluding hydrogens is 216 g/mol. The summed E-state index contributed by atoms with van der Waals surface area (Å²) in [5, 5.41) is 19.9. The van der Waals surface area contributed by atoms with Gasteiger partial charge >= 0.3 is 5.32 Å². The third kappa shape index (κ3) is 2.85. The van der Waals surface area contributed by atoms with Crippen molar-refractivity contribution in [2.45, 2.75) is 59.7 Å². The molecule has 0 spiro atoms. The predicted octanol–water partition coefficient (Wildman–Crippen LogP) is 4.70. The fraction of sp³-hybridized carbons (Fsp3) is 0.833. The van der Waals surface area contributed by atoms with E-state index in [9.17, 15) is 10.5 Å². The number of aliphatic hydroxyl groups is 1. The monoisotopic (exact) mass is 241 g/mol. The minimum Gasteiger partial charge on any atom is -0.505 e. The molecule has 0 bridgehead atoms. The molecule has 92 valence electrons. The zero-order valence-electron chi connectivity index (χ0n) is 11.8. The van der Waals surface area contributed by atoms with Gasteiger partial charge in [-0.2, -0.15) is 0 Å². The molecule has 1 N–H and O–H groups in total. The van der Waals surface area contributed by atoms with Crippen molar-refractivity contribution in [1.29, 1.82) is 5.39 Å². The van der Waals surface area contributed by atoms with E-state index in [1.807, 2.05) is 20.8 Å². The molecule has 0 saturated carbocycles. The van der Waals surface area contributed by atoms with E-state index in [0.717, 1.165) is 0 Å². The first-order valence-electron chi connectivity index (χ1n) is 5.65. The zero-order chi connectivity index (χ0) is 13.4. The van der Waals surface area contributed by atoms with Crippen LogP contribution in [0.1, 0.15) is 41.5 Å². The Hall–Kier alpha value is -0.823. The van der Waals surface area contributed by atoms with Crippen LogP contribution in [0.2, 0.25) is 18.1 Å². The maximum atomic E-state index is 10.2. The number of allylic oxidation sites excluding steroid dienone is 1. The standard InChI is InChI=1S/C12H24N2OSi/c1-11(2,3)9(15)10(14-13)16(7,8)12(4,5)6/h1-8H3/p+1/b10-9-. The lowest BCUT2D eigenvalue weighted by molar-refractivity contribution is 0.275. The first kappa shape index (κ1) is 15.2. The van der Waals surface area contributed by atoms with Gasteiger partial charge in [0.15, 0.2) is 10.7 Å². The summed E-state index contributed by atoms with van der Waals surface area (Å²) in [5.74, 6) is 0.210. The third-order valence-corrected chi connectivity index (χ3v) is 8.77. The lowest BCUT2D eigenvalue weighted by atomic mass is 9.94. The van der Waals surface area contributed by atoms with E-state index in [2.05, 4.69) is 38.8 Å². The first-order valence-corrected chi connectivity index (χ1v) is 8.65. The van der Waals surface area contributed by atoms with Gasteiger partial charge in [-0.3, -0.25) is 0 Å². The highest BCUT2D eigenvalue weighted by Crippen LogP contribution is 2.43. The van der Waals surface area contributed by atoms with Gasteiger partial charge in [-0.25, -0.2) is 0 Å². The molecule has 0 aliphatic rings. The van der Waals surface area contributed by atoms with Gasteiger partial charge in [0.2, 0.25) is 13.5 Å². The van der Waals surface area contributed by atoms with Gasteiger partial charge in [0.25, 0.3) is 0 Å². The SMILES string of the molecule is CC(C)(C)/C(O)=C(\[N+]#N)[Si](C)(C)C(C)(C)C. The smallest absolute Gasteiger partial charge is 0.363 e. The van der Waals surface area contributed by atoms with Gasteiger partial charge in [0.05, 0.1) is 0 Å². The molecule has 0 saturated heterocycles. The van der Waals surface area contributed by atoms with E-state index < -0.39 is 8.07 Å². The molecule has 0 aliphatic carbocycles. The van der Waals surface area contributed by atoms with Crippen molar-refractivity contribution in [3.8, 4) is 0 Å². The van der Waals surface area contributed by atoms with E-state index in [1.54, 1.807) is 0 Å². The third-order valence-electron chi connectivity index (χ3n) is 3.50. The molecule has 4 heteroatoms. The minimum atomic E-state index is -1.99. The van der Waals surface area contributed by atoms with E-state index in [0.29, 0.717) is 5.32 Å². The Bertz CT molecular complexity index is 338. The molecule has 0 rings (SSSR count). The largest absolute Gasteiger partial charge is 0.505 e. The quantitative estimate of drug-likeness (QED) is 0.411. The summed E-state index contributed by atoms with van der Waals surface area (Å²) in [6.07, 6.45) is 0. The maximum Gasteiger partial charge on any atom is 0.363 e. The van der Waals surface area contributed by atoms with Gasteiger partial charge in [-0.15, -0.1) is 0 Å². The van der Waals surface area contributed by atoms with Gasteiger partial charge < -0.3 is 5.11 Å². The molecule has 0 aromatic rings. The Morgan fingerprint density at radius 1 is 1.06 bits per heavy atom. The van der Waals surface area contributed by atoms with Crippen LogP contribution in [0, 0.1) is 10.8 Å². The molecule has 0 unspecified atom stereocenters. The van der Waals surface area contributed by atoms with Crippen LogP contribution in [-0.2, 0) is 0 Å². The predicted molar refractivity (Wildman–Crippen MR) is 71.4 cm³/mol. The number of rotatable bonds is 1. The Balaban J connectivity index is 5.78. The fourth-order valence-corrected chi connectivity index (χ4v) is 3.11. The highest BCUT2D eigenvalue weighted by atomic mass is 28.3. The Kier molecular flexibility index (Phi) is 3.99. The molecule has 0 fully saturated rings. The molecule has 16 heavy (non-hydrogen) atoms. The van der Waals surface area contributed by atoms with Gasteiger partial charge in [-0.1, -0.05) is 54.6 Å². The lowest BCUT2D eigenvalue weighted by Crippen LogP contribution is -2.40. The van der Waals surface area contributed by atoms with Crippen molar-refractivity contribution in [2.24, 2.45) is 5.41 Å². The Morgan fingerprint density at radius 2 is 1.44 bits per heavy atom. The summed E-state index contributed by atoms with van der Waals surface area (Å²) in [6, 6.07) is 0. The second kappa shape index (κ2) is 4.21. The van der Waals surface area contributed by atoms with E-state index in [-0.39, 0.29) is 16.2 Å². The summed E-state index contributed by atoms with van der Waals surface area (Å²) in [6.45, 7) is 16.4. The van der Waals surface area contributed by atoms with Crippen molar-refractivity contribution >= 4 is 8.07 Å². The van der Waals surface area contributed by atoms with Crippen LogP contribution in [0.15, 0.2) is 11.1 Å². The van der Waals surface area contributed by atoms with E-state index >= 15 is 0 Å². The highest BCUT2D eigenvalue weighted by Gasteiger charge is 2.51. The van der Waals surface area contributed by atoms with Gasteiger partial charge in [0.1, 0.15) is 0 Å².